The SMILES string of the molecule is CCCCNCc1sc(CCC)nc1C1CC1. The van der Waals surface area contributed by atoms with Crippen LogP contribution in [-0.4, -0.2) is 11.5 Å². The Hall–Kier alpha value is -0.410. The minimum absolute atomic E-state index is 0.792. The molecule has 1 aromatic heterocycles. The average Bonchev–Trinajstić information content (AvgIpc) is 3.09. The molecule has 0 bridgehead atoms. The second-order valence-electron chi connectivity index (χ2n) is 4.97. The molecule has 1 saturated carbocycles. The summed E-state index contributed by atoms with van der Waals surface area (Å²) in [6.45, 7) is 6.65. The van der Waals surface area contributed by atoms with Crippen molar-refractivity contribution in [3.05, 3.63) is 15.6 Å². The van der Waals surface area contributed by atoms with Crippen molar-refractivity contribution in [2.75, 3.05) is 6.54 Å². The molecule has 1 heterocycles. The molecule has 0 saturated heterocycles. The number of aryl methyl sites for hydroxylation is 1. The Labute approximate surface area is 109 Å². The summed E-state index contributed by atoms with van der Waals surface area (Å²) in [7, 11) is 0. The minimum Gasteiger partial charge on any atom is -0.312 e. The molecular formula is C14H24N2S. The third-order valence-corrected chi connectivity index (χ3v) is 4.32. The van der Waals surface area contributed by atoms with Crippen LogP contribution in [0.4, 0.5) is 0 Å². The monoisotopic (exact) mass is 252 g/mol. The number of unbranched alkanes of at least 4 members (excludes halogenated alkanes) is 1. The van der Waals surface area contributed by atoms with E-state index in [9.17, 15) is 0 Å². The molecule has 1 N–H and O–H groups in total. The van der Waals surface area contributed by atoms with E-state index in [1.165, 1.54) is 47.7 Å². The zero-order valence-electron chi connectivity index (χ0n) is 11.1. The Bertz CT molecular complexity index is 342. The quantitative estimate of drug-likeness (QED) is 0.711. The van der Waals surface area contributed by atoms with Gasteiger partial charge in [-0.2, -0.15) is 0 Å². The maximum Gasteiger partial charge on any atom is 0.0931 e. The van der Waals surface area contributed by atoms with E-state index in [2.05, 4.69) is 19.2 Å². The lowest BCUT2D eigenvalue weighted by Crippen LogP contribution is -2.14. The first kappa shape index (κ1) is 13.0. The normalized spacial score (nSPS) is 15.4. The summed E-state index contributed by atoms with van der Waals surface area (Å²) in [5.74, 6) is 0.792. The molecule has 0 amide bonds. The third kappa shape index (κ3) is 3.78. The Morgan fingerprint density at radius 3 is 2.76 bits per heavy atom. The second kappa shape index (κ2) is 6.50. The zero-order chi connectivity index (χ0) is 12.1. The van der Waals surface area contributed by atoms with E-state index in [-0.39, 0.29) is 0 Å². The molecule has 2 nitrogen and oxygen atoms in total. The highest BCUT2D eigenvalue weighted by atomic mass is 32.1. The Morgan fingerprint density at radius 1 is 1.29 bits per heavy atom. The van der Waals surface area contributed by atoms with E-state index >= 15 is 0 Å². The standard InChI is InChI=1S/C14H24N2S/c1-3-5-9-15-10-12-14(11-7-8-11)16-13(17-12)6-4-2/h11,15H,3-10H2,1-2H3. The van der Waals surface area contributed by atoms with E-state index in [0.29, 0.717) is 0 Å². The molecule has 0 aromatic carbocycles. The molecule has 1 aromatic rings. The fourth-order valence-electron chi connectivity index (χ4n) is 2.04. The zero-order valence-corrected chi connectivity index (χ0v) is 11.9. The largest absolute Gasteiger partial charge is 0.312 e. The predicted molar refractivity (Wildman–Crippen MR) is 74.7 cm³/mol. The van der Waals surface area contributed by atoms with Crippen LogP contribution in [0.2, 0.25) is 0 Å². The van der Waals surface area contributed by atoms with Crippen LogP contribution < -0.4 is 5.32 Å². The molecule has 17 heavy (non-hydrogen) atoms. The molecule has 0 unspecified atom stereocenters. The maximum atomic E-state index is 4.84. The Kier molecular flexibility index (Phi) is 4.99. The summed E-state index contributed by atoms with van der Waals surface area (Å²) in [4.78, 5) is 6.35. The van der Waals surface area contributed by atoms with Gasteiger partial charge in [0.25, 0.3) is 0 Å². The van der Waals surface area contributed by atoms with Gasteiger partial charge in [-0.1, -0.05) is 20.3 Å². The van der Waals surface area contributed by atoms with Crippen LogP contribution in [0.25, 0.3) is 0 Å². The van der Waals surface area contributed by atoms with Crippen LogP contribution in [0.15, 0.2) is 0 Å². The van der Waals surface area contributed by atoms with Gasteiger partial charge in [0.2, 0.25) is 0 Å². The van der Waals surface area contributed by atoms with Crippen molar-refractivity contribution in [3.63, 3.8) is 0 Å². The summed E-state index contributed by atoms with van der Waals surface area (Å²) < 4.78 is 0. The molecule has 0 aliphatic heterocycles. The van der Waals surface area contributed by atoms with E-state index < -0.39 is 0 Å². The molecule has 96 valence electrons. The highest BCUT2D eigenvalue weighted by molar-refractivity contribution is 7.11. The van der Waals surface area contributed by atoms with E-state index in [4.69, 9.17) is 4.98 Å². The number of hydrogen-bond acceptors (Lipinski definition) is 3. The van der Waals surface area contributed by atoms with Crippen molar-refractivity contribution in [1.82, 2.24) is 10.3 Å². The lowest BCUT2D eigenvalue weighted by atomic mass is 10.2. The fourth-order valence-corrected chi connectivity index (χ4v) is 3.27. The van der Waals surface area contributed by atoms with Gasteiger partial charge in [-0.3, -0.25) is 0 Å². The van der Waals surface area contributed by atoms with E-state index in [0.717, 1.165) is 25.4 Å². The smallest absolute Gasteiger partial charge is 0.0931 e. The molecule has 3 heteroatoms. The topological polar surface area (TPSA) is 24.9 Å². The number of thiazole rings is 1. The summed E-state index contributed by atoms with van der Waals surface area (Å²) >= 11 is 1.94. The summed E-state index contributed by atoms with van der Waals surface area (Å²) in [5.41, 5.74) is 1.42. The van der Waals surface area contributed by atoms with E-state index in [1.54, 1.807) is 0 Å². The Balaban J connectivity index is 1.93. The molecule has 1 fully saturated rings. The number of rotatable bonds is 8. The summed E-state index contributed by atoms with van der Waals surface area (Å²) in [6.07, 6.45) is 7.62. The third-order valence-electron chi connectivity index (χ3n) is 3.19. The molecule has 0 atom stereocenters. The fraction of sp³-hybridized carbons (Fsp3) is 0.786. The van der Waals surface area contributed by atoms with Crippen LogP contribution in [0.1, 0.15) is 67.4 Å². The lowest BCUT2D eigenvalue weighted by molar-refractivity contribution is 0.642. The molecule has 0 spiro atoms. The maximum absolute atomic E-state index is 4.84. The van der Waals surface area contributed by atoms with Crippen molar-refractivity contribution >= 4 is 11.3 Å². The van der Waals surface area contributed by atoms with Crippen LogP contribution in [-0.2, 0) is 13.0 Å². The molecule has 1 aliphatic carbocycles. The first-order valence-electron chi connectivity index (χ1n) is 7.04. The van der Waals surface area contributed by atoms with Crippen molar-refractivity contribution in [1.29, 1.82) is 0 Å². The van der Waals surface area contributed by atoms with Crippen molar-refractivity contribution in [2.24, 2.45) is 0 Å². The van der Waals surface area contributed by atoms with Gasteiger partial charge in [0.1, 0.15) is 0 Å². The number of aromatic nitrogens is 1. The van der Waals surface area contributed by atoms with Crippen molar-refractivity contribution < 1.29 is 0 Å². The molecule has 1 aliphatic rings. The predicted octanol–water partition coefficient (Wildman–Crippen LogP) is 3.86. The summed E-state index contributed by atoms with van der Waals surface area (Å²) in [6, 6.07) is 0. The lowest BCUT2D eigenvalue weighted by Gasteiger charge is -2.03. The molecule has 0 radical (unpaired) electrons. The van der Waals surface area contributed by atoms with Gasteiger partial charge in [-0.05, 0) is 38.6 Å². The van der Waals surface area contributed by atoms with Crippen LogP contribution in [0.3, 0.4) is 0 Å². The first-order chi connectivity index (χ1) is 8.35. The number of nitrogens with one attached hydrogen (secondary N) is 1. The molecular weight excluding hydrogens is 228 g/mol. The molecule has 2 rings (SSSR count). The van der Waals surface area contributed by atoms with Crippen LogP contribution >= 0.6 is 11.3 Å². The van der Waals surface area contributed by atoms with Gasteiger partial charge in [-0.15, -0.1) is 11.3 Å². The van der Waals surface area contributed by atoms with Crippen molar-refractivity contribution in [3.8, 4) is 0 Å². The highest BCUT2D eigenvalue weighted by Crippen LogP contribution is 2.42. The minimum atomic E-state index is 0.792. The number of nitrogens with zero attached hydrogens (tertiary/aromatic N) is 1. The Morgan fingerprint density at radius 2 is 2.12 bits per heavy atom. The van der Waals surface area contributed by atoms with Gasteiger partial charge < -0.3 is 5.32 Å². The van der Waals surface area contributed by atoms with Gasteiger partial charge >= 0.3 is 0 Å². The summed E-state index contributed by atoms with van der Waals surface area (Å²) in [5, 5.41) is 4.90. The van der Waals surface area contributed by atoms with Crippen LogP contribution in [0, 0.1) is 0 Å². The van der Waals surface area contributed by atoms with Gasteiger partial charge in [-0.25, -0.2) is 4.98 Å². The van der Waals surface area contributed by atoms with Gasteiger partial charge in [0.15, 0.2) is 0 Å². The van der Waals surface area contributed by atoms with Crippen LogP contribution in [0.5, 0.6) is 0 Å². The first-order valence-corrected chi connectivity index (χ1v) is 7.86. The van der Waals surface area contributed by atoms with Crippen molar-refractivity contribution in [2.45, 2.75) is 64.8 Å². The second-order valence-corrected chi connectivity index (χ2v) is 6.14. The highest BCUT2D eigenvalue weighted by Gasteiger charge is 2.29. The average molecular weight is 252 g/mol. The van der Waals surface area contributed by atoms with Gasteiger partial charge in [0.05, 0.1) is 10.7 Å². The number of hydrogen-bond donors (Lipinski definition) is 1. The van der Waals surface area contributed by atoms with Gasteiger partial charge in [0, 0.05) is 17.3 Å². The van der Waals surface area contributed by atoms with E-state index in [1.807, 2.05) is 11.3 Å².